The lowest BCUT2D eigenvalue weighted by Gasteiger charge is -2.30. The molecule has 0 radical (unpaired) electrons. The van der Waals surface area contributed by atoms with Gasteiger partial charge in [0.2, 0.25) is 10.0 Å². The number of para-hydroxylation sites is 1. The maximum absolute atomic E-state index is 11.7. The summed E-state index contributed by atoms with van der Waals surface area (Å²) in [5.74, 6) is 0.803. The normalized spacial score (nSPS) is 20.9. The number of fused-ring (bicyclic) bond motifs is 1. The molecule has 1 atom stereocenters. The van der Waals surface area contributed by atoms with Crippen LogP contribution in [-0.2, 0) is 16.6 Å². The zero-order valence-corrected chi connectivity index (χ0v) is 12.9. The fourth-order valence-corrected chi connectivity index (χ4v) is 3.96. The fraction of sp³-hybridized carbons (Fsp3) is 0.500. The molecule has 1 aliphatic rings. The Balaban J connectivity index is 1.82. The van der Waals surface area contributed by atoms with E-state index in [2.05, 4.69) is 5.10 Å². The first-order valence-corrected chi connectivity index (χ1v) is 8.96. The highest BCUT2D eigenvalue weighted by molar-refractivity contribution is 7.88. The van der Waals surface area contributed by atoms with E-state index in [1.54, 1.807) is 4.31 Å². The average molecular weight is 308 g/mol. The molecule has 2 aromatic rings. The molecular weight excluding hydrogens is 288 g/mol. The van der Waals surface area contributed by atoms with E-state index < -0.39 is 10.0 Å². The number of hydrogen-bond acceptors (Lipinski definition) is 4. The van der Waals surface area contributed by atoms with Crippen molar-refractivity contribution in [3.8, 4) is 0 Å². The number of rotatable bonds is 3. The summed E-state index contributed by atoms with van der Waals surface area (Å²) in [4.78, 5) is 0. The topological polar surface area (TPSA) is 81.2 Å². The largest absolute Gasteiger partial charge is 0.382 e. The van der Waals surface area contributed by atoms with Gasteiger partial charge in [0.05, 0.1) is 11.8 Å². The second-order valence-electron chi connectivity index (χ2n) is 5.71. The van der Waals surface area contributed by atoms with Crippen molar-refractivity contribution in [2.75, 3.05) is 25.1 Å². The van der Waals surface area contributed by atoms with Gasteiger partial charge in [0.15, 0.2) is 5.82 Å². The van der Waals surface area contributed by atoms with Gasteiger partial charge in [-0.15, -0.1) is 0 Å². The molecule has 6 nitrogen and oxygen atoms in total. The SMILES string of the molecule is CS(=O)(=O)N1CCCC(Cn2nc(N)c3ccccc32)C1. The van der Waals surface area contributed by atoms with Crippen LogP contribution in [0, 0.1) is 5.92 Å². The summed E-state index contributed by atoms with van der Waals surface area (Å²) in [6.07, 6.45) is 3.18. The van der Waals surface area contributed by atoms with Gasteiger partial charge in [0.25, 0.3) is 0 Å². The Bertz CT molecular complexity index is 753. The number of sulfonamides is 1. The minimum absolute atomic E-state index is 0.274. The molecule has 1 saturated heterocycles. The van der Waals surface area contributed by atoms with Crippen molar-refractivity contribution in [3.05, 3.63) is 24.3 Å². The van der Waals surface area contributed by atoms with Gasteiger partial charge in [-0.2, -0.15) is 5.10 Å². The third kappa shape index (κ3) is 2.89. The lowest BCUT2D eigenvalue weighted by molar-refractivity contribution is 0.243. The molecule has 0 aliphatic carbocycles. The number of hydrogen-bond donors (Lipinski definition) is 1. The lowest BCUT2D eigenvalue weighted by Crippen LogP contribution is -2.40. The summed E-state index contributed by atoms with van der Waals surface area (Å²) in [7, 11) is -3.11. The van der Waals surface area contributed by atoms with Crippen molar-refractivity contribution in [3.63, 3.8) is 0 Å². The number of benzene rings is 1. The van der Waals surface area contributed by atoms with Crippen LogP contribution < -0.4 is 5.73 Å². The smallest absolute Gasteiger partial charge is 0.211 e. The lowest BCUT2D eigenvalue weighted by atomic mass is 10.00. The van der Waals surface area contributed by atoms with Crippen molar-refractivity contribution in [1.82, 2.24) is 14.1 Å². The first-order valence-electron chi connectivity index (χ1n) is 7.11. The Morgan fingerprint density at radius 3 is 2.90 bits per heavy atom. The maximum Gasteiger partial charge on any atom is 0.211 e. The van der Waals surface area contributed by atoms with Crippen LogP contribution in [0.15, 0.2) is 24.3 Å². The first kappa shape index (κ1) is 14.3. The molecule has 1 unspecified atom stereocenters. The fourth-order valence-electron chi connectivity index (χ4n) is 3.01. The molecule has 1 aliphatic heterocycles. The molecule has 0 saturated carbocycles. The van der Waals surface area contributed by atoms with E-state index in [-0.39, 0.29) is 5.92 Å². The van der Waals surface area contributed by atoms with Crippen LogP contribution in [0.1, 0.15) is 12.8 Å². The predicted octanol–water partition coefficient (Wildman–Crippen LogP) is 1.29. The van der Waals surface area contributed by atoms with Crippen LogP contribution in [0.4, 0.5) is 5.82 Å². The maximum atomic E-state index is 11.7. The van der Waals surface area contributed by atoms with E-state index in [9.17, 15) is 8.42 Å². The molecule has 114 valence electrons. The van der Waals surface area contributed by atoms with Gasteiger partial charge < -0.3 is 5.73 Å². The summed E-state index contributed by atoms with van der Waals surface area (Å²) < 4.78 is 26.8. The molecule has 0 bridgehead atoms. The Kier molecular flexibility index (Phi) is 3.62. The highest BCUT2D eigenvalue weighted by atomic mass is 32.2. The van der Waals surface area contributed by atoms with Gasteiger partial charge >= 0.3 is 0 Å². The summed E-state index contributed by atoms with van der Waals surface area (Å²) in [6, 6.07) is 7.86. The molecule has 2 N–H and O–H groups in total. The van der Waals surface area contributed by atoms with Gasteiger partial charge in [-0.25, -0.2) is 12.7 Å². The number of nitrogen functional groups attached to an aromatic ring is 1. The van der Waals surface area contributed by atoms with Gasteiger partial charge in [0.1, 0.15) is 0 Å². The average Bonchev–Trinajstić information content (AvgIpc) is 2.76. The second-order valence-corrected chi connectivity index (χ2v) is 7.70. The molecule has 1 fully saturated rings. The molecule has 2 heterocycles. The molecule has 21 heavy (non-hydrogen) atoms. The van der Waals surface area contributed by atoms with E-state index in [0.29, 0.717) is 25.5 Å². The van der Waals surface area contributed by atoms with Crippen LogP contribution in [0.2, 0.25) is 0 Å². The van der Waals surface area contributed by atoms with E-state index in [1.807, 2.05) is 28.9 Å². The van der Waals surface area contributed by atoms with Crippen molar-refractivity contribution >= 4 is 26.7 Å². The van der Waals surface area contributed by atoms with E-state index in [4.69, 9.17) is 5.73 Å². The van der Waals surface area contributed by atoms with E-state index in [1.165, 1.54) is 6.26 Å². The van der Waals surface area contributed by atoms with Gasteiger partial charge in [-0.3, -0.25) is 4.68 Å². The molecule has 3 rings (SSSR count). The Labute approximate surface area is 124 Å². The predicted molar refractivity (Wildman–Crippen MR) is 83.3 cm³/mol. The number of anilines is 1. The first-order chi connectivity index (χ1) is 9.95. The highest BCUT2D eigenvalue weighted by Gasteiger charge is 2.26. The Morgan fingerprint density at radius 1 is 1.38 bits per heavy atom. The van der Waals surface area contributed by atoms with Crippen LogP contribution in [0.25, 0.3) is 10.9 Å². The molecule has 1 aromatic carbocycles. The monoisotopic (exact) mass is 308 g/mol. The number of aromatic nitrogens is 2. The van der Waals surface area contributed by atoms with Crippen LogP contribution in [0.5, 0.6) is 0 Å². The number of piperidine rings is 1. The van der Waals surface area contributed by atoms with Crippen LogP contribution in [0.3, 0.4) is 0 Å². The van der Waals surface area contributed by atoms with Crippen molar-refractivity contribution < 1.29 is 8.42 Å². The van der Waals surface area contributed by atoms with E-state index >= 15 is 0 Å². The Morgan fingerprint density at radius 2 is 2.14 bits per heavy atom. The molecule has 0 spiro atoms. The molecule has 1 aromatic heterocycles. The van der Waals surface area contributed by atoms with Crippen molar-refractivity contribution in [2.45, 2.75) is 19.4 Å². The number of nitrogens with two attached hydrogens (primary N) is 1. The third-order valence-corrected chi connectivity index (χ3v) is 5.34. The van der Waals surface area contributed by atoms with Gasteiger partial charge in [0, 0.05) is 25.0 Å². The van der Waals surface area contributed by atoms with Crippen LogP contribution >= 0.6 is 0 Å². The van der Waals surface area contributed by atoms with Crippen molar-refractivity contribution in [1.29, 1.82) is 0 Å². The number of nitrogens with zero attached hydrogens (tertiary/aromatic N) is 3. The zero-order chi connectivity index (χ0) is 15.0. The van der Waals surface area contributed by atoms with Gasteiger partial charge in [-0.1, -0.05) is 12.1 Å². The summed E-state index contributed by atoms with van der Waals surface area (Å²) in [6.45, 7) is 1.88. The molecular formula is C14H20N4O2S. The quantitative estimate of drug-likeness (QED) is 0.926. The summed E-state index contributed by atoms with van der Waals surface area (Å²) >= 11 is 0. The van der Waals surface area contributed by atoms with Gasteiger partial charge in [-0.05, 0) is 30.9 Å². The minimum atomic E-state index is -3.11. The third-order valence-electron chi connectivity index (χ3n) is 4.07. The van der Waals surface area contributed by atoms with Crippen molar-refractivity contribution in [2.24, 2.45) is 5.92 Å². The Hall–Kier alpha value is -1.60. The molecule has 7 heteroatoms. The summed E-state index contributed by atoms with van der Waals surface area (Å²) in [5, 5.41) is 5.35. The second kappa shape index (κ2) is 5.31. The standard InChI is InChI=1S/C14H20N4O2S/c1-21(19,20)17-8-4-5-11(9-17)10-18-13-7-3-2-6-12(13)14(15)16-18/h2-3,6-7,11H,4-5,8-10H2,1H3,(H2,15,16). The van der Waals surface area contributed by atoms with Crippen LogP contribution in [-0.4, -0.2) is 41.8 Å². The summed E-state index contributed by atoms with van der Waals surface area (Å²) in [5.41, 5.74) is 6.95. The minimum Gasteiger partial charge on any atom is -0.382 e. The zero-order valence-electron chi connectivity index (χ0n) is 12.1. The molecule has 0 amide bonds. The highest BCUT2D eigenvalue weighted by Crippen LogP contribution is 2.24. The van der Waals surface area contributed by atoms with E-state index in [0.717, 1.165) is 23.7 Å².